The zero-order chi connectivity index (χ0) is 32.9. The zero-order valence-electron chi connectivity index (χ0n) is 25.6. The molecule has 2 aromatic carbocycles. The number of thioether (sulfide) groups is 1. The van der Waals surface area contributed by atoms with Crippen molar-refractivity contribution in [2.75, 3.05) is 6.61 Å². The second kappa shape index (κ2) is 11.8. The maximum Gasteiger partial charge on any atom is 0.352 e. The zero-order valence-corrected chi connectivity index (χ0v) is 26.4. The van der Waals surface area contributed by atoms with Gasteiger partial charge in [0.15, 0.2) is 18.1 Å². The highest BCUT2D eigenvalue weighted by Gasteiger charge is 2.77. The Morgan fingerprint density at radius 1 is 1.11 bits per heavy atom. The number of ketones is 1. The number of esters is 2. The molecule has 8 atom stereocenters. The first kappa shape index (κ1) is 32.1. The molecule has 10 heteroatoms. The molecule has 0 aromatic heterocycles. The van der Waals surface area contributed by atoms with Crippen LogP contribution in [0.25, 0.3) is 0 Å². The van der Waals surface area contributed by atoms with E-state index in [1.807, 2.05) is 30.3 Å². The molecule has 3 saturated carbocycles. The van der Waals surface area contributed by atoms with Crippen LogP contribution in [0, 0.1) is 34.0 Å². The maximum atomic E-state index is 17.5. The van der Waals surface area contributed by atoms with E-state index < -0.39 is 70.5 Å². The molecule has 240 valence electrons. The van der Waals surface area contributed by atoms with Crippen molar-refractivity contribution in [2.45, 2.75) is 73.7 Å². The molecule has 6 rings (SSSR count). The summed E-state index contributed by atoms with van der Waals surface area (Å²) < 4.78 is 44.7. The van der Waals surface area contributed by atoms with Gasteiger partial charge in [-0.15, -0.1) is 11.8 Å². The average molecular weight is 648 g/mol. The van der Waals surface area contributed by atoms with Gasteiger partial charge >= 0.3 is 11.9 Å². The first-order valence-electron chi connectivity index (χ1n) is 15.4. The molecule has 0 spiro atoms. The van der Waals surface area contributed by atoms with Crippen molar-refractivity contribution < 1.29 is 37.7 Å². The number of ether oxygens (including phenoxy) is 2. The Balaban J connectivity index is 1.31. The van der Waals surface area contributed by atoms with E-state index in [-0.39, 0.29) is 36.8 Å². The Morgan fingerprint density at radius 3 is 2.52 bits per heavy atom. The van der Waals surface area contributed by atoms with E-state index in [1.54, 1.807) is 49.0 Å². The Hall–Kier alpha value is -3.81. The van der Waals surface area contributed by atoms with Gasteiger partial charge < -0.3 is 14.6 Å². The number of halogens is 2. The summed E-state index contributed by atoms with van der Waals surface area (Å²) in [5.74, 6) is -3.29. The molecule has 1 N–H and O–H groups in total. The van der Waals surface area contributed by atoms with Crippen LogP contribution in [0.2, 0.25) is 0 Å². The monoisotopic (exact) mass is 647 g/mol. The highest BCUT2D eigenvalue weighted by Crippen LogP contribution is 2.70. The number of carbonyl (C=O) groups excluding carboxylic acids is 3. The number of fused-ring (bicyclic) bond motifs is 5. The molecule has 46 heavy (non-hydrogen) atoms. The van der Waals surface area contributed by atoms with Gasteiger partial charge in [-0.3, -0.25) is 4.79 Å². The molecule has 2 aromatic rings. The van der Waals surface area contributed by atoms with Gasteiger partial charge in [-0.1, -0.05) is 43.3 Å². The molecule has 2 unspecified atom stereocenters. The molecule has 3 fully saturated rings. The molecule has 0 saturated heterocycles. The van der Waals surface area contributed by atoms with Crippen LogP contribution in [-0.2, 0) is 24.8 Å². The highest BCUT2D eigenvalue weighted by molar-refractivity contribution is 7.98. The van der Waals surface area contributed by atoms with Crippen molar-refractivity contribution in [3.05, 3.63) is 89.5 Å². The lowest BCUT2D eigenvalue weighted by Gasteiger charge is -2.62. The predicted molar refractivity (Wildman–Crippen MR) is 166 cm³/mol. The highest BCUT2D eigenvalue weighted by atomic mass is 32.2. The van der Waals surface area contributed by atoms with Gasteiger partial charge in [0.2, 0.25) is 5.60 Å². The summed E-state index contributed by atoms with van der Waals surface area (Å²) in [7, 11) is 0. The van der Waals surface area contributed by atoms with E-state index in [9.17, 15) is 19.5 Å². The molecule has 4 aliphatic rings. The maximum absolute atomic E-state index is 17.5. The predicted octanol–water partition coefficient (Wildman–Crippen LogP) is 6.26. The van der Waals surface area contributed by atoms with E-state index in [1.165, 1.54) is 19.1 Å². The number of nitriles is 1. The first-order valence-corrected chi connectivity index (χ1v) is 16.4. The molecular formula is C36H35F2NO6S. The molecular weight excluding hydrogens is 612 g/mol. The Labute approximate surface area is 270 Å². The molecule has 4 aliphatic carbocycles. The van der Waals surface area contributed by atoms with Crippen LogP contribution in [0.15, 0.2) is 83.3 Å². The molecule has 0 amide bonds. The molecule has 0 aliphatic heterocycles. The number of nitrogens with zero attached hydrogens (tertiary/aromatic N) is 1. The van der Waals surface area contributed by atoms with Crippen LogP contribution >= 0.6 is 11.8 Å². The third-order valence-electron chi connectivity index (χ3n) is 11.0. The van der Waals surface area contributed by atoms with E-state index in [4.69, 9.17) is 14.7 Å². The van der Waals surface area contributed by atoms with E-state index in [2.05, 4.69) is 0 Å². The molecule has 7 nitrogen and oxygen atoms in total. The van der Waals surface area contributed by atoms with Gasteiger partial charge in [-0.2, -0.15) is 5.26 Å². The van der Waals surface area contributed by atoms with E-state index in [0.717, 1.165) is 16.5 Å². The summed E-state index contributed by atoms with van der Waals surface area (Å²) in [6, 6.07) is 18.4. The van der Waals surface area contributed by atoms with E-state index in [0.29, 0.717) is 5.75 Å². The van der Waals surface area contributed by atoms with Gasteiger partial charge in [0.05, 0.1) is 11.7 Å². The lowest BCUT2D eigenvalue weighted by atomic mass is 9.44. The van der Waals surface area contributed by atoms with Crippen LogP contribution in [0.4, 0.5) is 8.78 Å². The van der Waals surface area contributed by atoms with Gasteiger partial charge in [-0.25, -0.2) is 18.4 Å². The van der Waals surface area contributed by atoms with Crippen LogP contribution in [-0.4, -0.2) is 53.0 Å². The van der Waals surface area contributed by atoms with Gasteiger partial charge in [0, 0.05) is 27.4 Å². The number of carbonyl (C=O) groups is 3. The lowest BCUT2D eigenvalue weighted by molar-refractivity contribution is -0.228. The van der Waals surface area contributed by atoms with Crippen molar-refractivity contribution in [3.8, 4) is 6.07 Å². The summed E-state index contributed by atoms with van der Waals surface area (Å²) in [5.41, 5.74) is -6.11. The SMILES string of the molecule is C[C@]12C=CC(=O)C=C1[C@@H](F)C[C@H]1[C@@H]3CCC(OC(=O)c4ccc(CSc5ccccc5)cc4)(C(=O)OCC#N)[C@@]3(C)C[C@H](O)C12F. The normalized spacial score (nSPS) is 36.0. The standard InChI is InChI=1S/C36H35F2NO6S/c1-33-14-12-24(40)18-28(33)29(37)19-27-26-13-15-35(32(43)44-17-16-39,34(26,2)20-30(41)36(27,33)38)45-31(42)23-10-8-22(9-11-23)21-46-25-6-4-3-5-7-25/h3-12,14,18,26-27,29-30,41H,13,15,17,19-21H2,1-2H3/t26-,27-,29-,30-,33-,34-,35?,36?/m0/s1. The number of allylic oxidation sites excluding steroid dienone is 4. The number of benzene rings is 2. The fourth-order valence-corrected chi connectivity index (χ4v) is 9.46. The molecule has 0 bridgehead atoms. The second-order valence-electron chi connectivity index (χ2n) is 13.1. The number of hydrogen-bond donors (Lipinski definition) is 1. The summed E-state index contributed by atoms with van der Waals surface area (Å²) in [6.07, 6.45) is -0.148. The summed E-state index contributed by atoms with van der Waals surface area (Å²) >= 11 is 1.64. The van der Waals surface area contributed by atoms with Crippen molar-refractivity contribution in [2.24, 2.45) is 22.7 Å². The number of hydrogen-bond acceptors (Lipinski definition) is 8. The van der Waals surface area contributed by atoms with Crippen LogP contribution in [0.3, 0.4) is 0 Å². The average Bonchev–Trinajstić information content (AvgIpc) is 3.33. The Bertz CT molecular complexity index is 1660. The van der Waals surface area contributed by atoms with Crippen molar-refractivity contribution in [3.63, 3.8) is 0 Å². The second-order valence-corrected chi connectivity index (χ2v) is 14.2. The van der Waals surface area contributed by atoms with Crippen molar-refractivity contribution in [1.82, 2.24) is 0 Å². The lowest BCUT2D eigenvalue weighted by Crippen LogP contribution is -2.70. The summed E-state index contributed by atoms with van der Waals surface area (Å²) in [4.78, 5) is 40.7. The minimum Gasteiger partial charge on any atom is -0.447 e. The van der Waals surface area contributed by atoms with Crippen LogP contribution in [0.5, 0.6) is 0 Å². The first-order chi connectivity index (χ1) is 21.9. The van der Waals surface area contributed by atoms with Crippen molar-refractivity contribution in [1.29, 1.82) is 5.26 Å². The number of aliphatic hydroxyl groups is 1. The minimum absolute atomic E-state index is 0.00358. The summed E-state index contributed by atoms with van der Waals surface area (Å²) in [6.45, 7) is 2.56. The van der Waals surface area contributed by atoms with Gasteiger partial charge in [-0.05, 0) is 86.1 Å². The van der Waals surface area contributed by atoms with Crippen LogP contribution in [0.1, 0.15) is 55.5 Å². The number of alkyl halides is 2. The largest absolute Gasteiger partial charge is 0.447 e. The van der Waals surface area contributed by atoms with E-state index >= 15 is 8.78 Å². The number of aliphatic hydroxyl groups excluding tert-OH is 1. The molecule has 0 radical (unpaired) electrons. The third kappa shape index (κ3) is 4.82. The fraction of sp³-hybridized carbons (Fsp3) is 0.444. The summed E-state index contributed by atoms with van der Waals surface area (Å²) in [5, 5.41) is 20.8. The quantitative estimate of drug-likeness (QED) is 0.277. The minimum atomic E-state index is -2.35. The molecule has 0 heterocycles. The third-order valence-corrected chi connectivity index (χ3v) is 12.0. The Morgan fingerprint density at radius 2 is 1.83 bits per heavy atom. The van der Waals surface area contributed by atoms with Crippen molar-refractivity contribution >= 4 is 29.5 Å². The van der Waals surface area contributed by atoms with Gasteiger partial charge in [0.25, 0.3) is 0 Å². The topological polar surface area (TPSA) is 114 Å². The fourth-order valence-electron chi connectivity index (χ4n) is 8.59. The van der Waals surface area contributed by atoms with Crippen LogP contribution < -0.4 is 0 Å². The Kier molecular flexibility index (Phi) is 8.22. The van der Waals surface area contributed by atoms with Gasteiger partial charge in [0.1, 0.15) is 12.2 Å². The smallest absolute Gasteiger partial charge is 0.352 e. The number of rotatable bonds is 7.